The van der Waals surface area contributed by atoms with Crippen molar-refractivity contribution in [2.75, 3.05) is 6.61 Å². The SMILES string of the molecule is C[C@@H](NC(=O)C1CC1c1ccc2c(c1)CC=C2)c1ccc(OCC2CC2)cn1. The first kappa shape index (κ1) is 17.5. The van der Waals surface area contributed by atoms with Crippen LogP contribution in [0.5, 0.6) is 5.75 Å². The van der Waals surface area contributed by atoms with Gasteiger partial charge < -0.3 is 10.1 Å². The largest absolute Gasteiger partial charge is 0.492 e. The second kappa shape index (κ2) is 7.08. The van der Waals surface area contributed by atoms with Crippen LogP contribution < -0.4 is 10.1 Å². The Balaban J connectivity index is 1.15. The van der Waals surface area contributed by atoms with E-state index < -0.39 is 0 Å². The zero-order chi connectivity index (χ0) is 19.1. The van der Waals surface area contributed by atoms with Gasteiger partial charge in [-0.2, -0.15) is 0 Å². The van der Waals surface area contributed by atoms with Crippen molar-refractivity contribution in [1.29, 1.82) is 0 Å². The molecule has 1 N–H and O–H groups in total. The summed E-state index contributed by atoms with van der Waals surface area (Å²) in [4.78, 5) is 17.2. The molecule has 4 nitrogen and oxygen atoms in total. The molecule has 2 fully saturated rings. The van der Waals surface area contributed by atoms with Gasteiger partial charge in [-0.15, -0.1) is 0 Å². The molecule has 4 heteroatoms. The van der Waals surface area contributed by atoms with E-state index in [-0.39, 0.29) is 17.9 Å². The van der Waals surface area contributed by atoms with Crippen LogP contribution in [0.3, 0.4) is 0 Å². The van der Waals surface area contributed by atoms with Crippen LogP contribution in [0.15, 0.2) is 42.6 Å². The van der Waals surface area contributed by atoms with Crippen molar-refractivity contribution in [3.8, 4) is 5.75 Å². The average Bonchev–Trinajstić information content (AvgIpc) is 3.63. The Kier molecular flexibility index (Phi) is 4.42. The van der Waals surface area contributed by atoms with Crippen LogP contribution in [0.2, 0.25) is 0 Å². The number of allylic oxidation sites excluding steroid dienone is 1. The van der Waals surface area contributed by atoms with E-state index in [0.29, 0.717) is 5.92 Å². The minimum Gasteiger partial charge on any atom is -0.492 e. The first-order valence-corrected chi connectivity index (χ1v) is 10.4. The maximum atomic E-state index is 12.7. The Morgan fingerprint density at radius 1 is 1.29 bits per heavy atom. The number of ether oxygens (including phenoxy) is 1. The van der Waals surface area contributed by atoms with E-state index in [1.165, 1.54) is 29.5 Å². The van der Waals surface area contributed by atoms with Gasteiger partial charge in [0.05, 0.1) is 24.5 Å². The van der Waals surface area contributed by atoms with Gasteiger partial charge in [0.25, 0.3) is 0 Å². The third-order valence-electron chi connectivity index (χ3n) is 6.10. The first-order chi connectivity index (χ1) is 13.7. The van der Waals surface area contributed by atoms with Crippen molar-refractivity contribution in [3.05, 3.63) is 65.0 Å². The highest BCUT2D eigenvalue weighted by atomic mass is 16.5. The number of rotatable bonds is 7. The number of nitrogens with zero attached hydrogens (tertiary/aromatic N) is 1. The molecule has 1 heterocycles. The van der Waals surface area contributed by atoms with Crippen LogP contribution in [0, 0.1) is 11.8 Å². The third kappa shape index (κ3) is 3.68. The smallest absolute Gasteiger partial charge is 0.224 e. The summed E-state index contributed by atoms with van der Waals surface area (Å²) in [5.41, 5.74) is 4.86. The molecule has 1 aromatic carbocycles. The quantitative estimate of drug-likeness (QED) is 0.780. The van der Waals surface area contributed by atoms with E-state index in [9.17, 15) is 4.79 Å². The molecule has 2 saturated carbocycles. The fraction of sp³-hybridized carbons (Fsp3) is 0.417. The summed E-state index contributed by atoms with van der Waals surface area (Å²) in [5.74, 6) is 2.10. The van der Waals surface area contributed by atoms with Gasteiger partial charge in [-0.25, -0.2) is 0 Å². The Bertz CT molecular complexity index is 915. The number of carbonyl (C=O) groups excluding carboxylic acids is 1. The van der Waals surface area contributed by atoms with Crippen molar-refractivity contribution < 1.29 is 9.53 Å². The zero-order valence-electron chi connectivity index (χ0n) is 16.2. The maximum absolute atomic E-state index is 12.7. The summed E-state index contributed by atoms with van der Waals surface area (Å²) in [5, 5.41) is 3.14. The molecule has 3 aliphatic carbocycles. The number of carbonyl (C=O) groups is 1. The van der Waals surface area contributed by atoms with Gasteiger partial charge in [0.2, 0.25) is 5.91 Å². The zero-order valence-corrected chi connectivity index (χ0v) is 16.2. The minimum absolute atomic E-state index is 0.0796. The minimum atomic E-state index is -0.101. The van der Waals surface area contributed by atoms with E-state index in [1.54, 1.807) is 6.20 Å². The lowest BCUT2D eigenvalue weighted by Gasteiger charge is -2.14. The molecule has 0 saturated heterocycles. The topological polar surface area (TPSA) is 51.2 Å². The summed E-state index contributed by atoms with van der Waals surface area (Å²) in [6.07, 6.45) is 10.6. The number of nitrogens with one attached hydrogen (secondary N) is 1. The predicted molar refractivity (Wildman–Crippen MR) is 109 cm³/mol. The Morgan fingerprint density at radius 2 is 2.18 bits per heavy atom. The van der Waals surface area contributed by atoms with Gasteiger partial charge in [-0.05, 0) is 73.3 Å². The standard InChI is InChI=1S/C24H26N2O2/c1-15(23-10-9-20(13-25-23)28-14-16-5-6-16)26-24(27)22-12-21(22)19-8-7-17-3-2-4-18(17)11-19/h2-3,7-11,13,15-16,21-22H,4-6,12,14H2,1H3,(H,26,27)/t15-,21?,22?/m1/s1. The lowest BCUT2D eigenvalue weighted by Crippen LogP contribution is -2.28. The van der Waals surface area contributed by atoms with Crippen LogP contribution in [-0.2, 0) is 11.2 Å². The van der Waals surface area contributed by atoms with E-state index in [2.05, 4.69) is 40.7 Å². The number of benzene rings is 1. The Hall–Kier alpha value is -2.62. The number of aromatic nitrogens is 1. The molecule has 2 unspecified atom stereocenters. The van der Waals surface area contributed by atoms with Crippen molar-refractivity contribution in [1.82, 2.24) is 10.3 Å². The molecule has 0 bridgehead atoms. The maximum Gasteiger partial charge on any atom is 0.224 e. The second-order valence-corrected chi connectivity index (χ2v) is 8.42. The number of fused-ring (bicyclic) bond motifs is 1. The van der Waals surface area contributed by atoms with Crippen molar-refractivity contribution >= 4 is 12.0 Å². The summed E-state index contributed by atoms with van der Waals surface area (Å²) < 4.78 is 5.73. The van der Waals surface area contributed by atoms with Crippen LogP contribution in [0.4, 0.5) is 0 Å². The van der Waals surface area contributed by atoms with Gasteiger partial charge in [-0.1, -0.05) is 30.4 Å². The molecule has 5 rings (SSSR count). The first-order valence-electron chi connectivity index (χ1n) is 10.4. The monoisotopic (exact) mass is 374 g/mol. The fourth-order valence-electron chi connectivity index (χ4n) is 3.99. The average molecular weight is 374 g/mol. The van der Waals surface area contributed by atoms with Crippen molar-refractivity contribution in [2.45, 2.75) is 44.6 Å². The molecule has 3 atom stereocenters. The van der Waals surface area contributed by atoms with E-state index in [4.69, 9.17) is 4.74 Å². The Morgan fingerprint density at radius 3 is 2.96 bits per heavy atom. The van der Waals surface area contributed by atoms with Gasteiger partial charge in [0, 0.05) is 5.92 Å². The molecule has 0 spiro atoms. The molecular formula is C24H26N2O2. The Labute approximate surface area is 166 Å². The number of hydrogen-bond donors (Lipinski definition) is 1. The fourth-order valence-corrected chi connectivity index (χ4v) is 3.99. The highest BCUT2D eigenvalue weighted by Gasteiger charge is 2.44. The van der Waals surface area contributed by atoms with Gasteiger partial charge in [0.1, 0.15) is 5.75 Å². The molecule has 144 valence electrons. The van der Waals surface area contributed by atoms with E-state index >= 15 is 0 Å². The van der Waals surface area contributed by atoms with E-state index in [0.717, 1.165) is 36.8 Å². The molecular weight excluding hydrogens is 348 g/mol. The van der Waals surface area contributed by atoms with Crippen molar-refractivity contribution in [2.24, 2.45) is 11.8 Å². The highest BCUT2D eigenvalue weighted by Crippen LogP contribution is 2.48. The number of hydrogen-bond acceptors (Lipinski definition) is 3. The predicted octanol–water partition coefficient (Wildman–Crippen LogP) is 4.42. The third-order valence-corrected chi connectivity index (χ3v) is 6.10. The summed E-state index contributed by atoms with van der Waals surface area (Å²) in [7, 11) is 0. The summed E-state index contributed by atoms with van der Waals surface area (Å²) in [6.45, 7) is 2.78. The lowest BCUT2D eigenvalue weighted by atomic mass is 10.0. The highest BCUT2D eigenvalue weighted by molar-refractivity contribution is 5.83. The van der Waals surface area contributed by atoms with Crippen molar-refractivity contribution in [3.63, 3.8) is 0 Å². The number of amides is 1. The van der Waals surface area contributed by atoms with Gasteiger partial charge in [-0.3, -0.25) is 9.78 Å². The molecule has 1 aromatic heterocycles. The van der Waals surface area contributed by atoms with Crippen LogP contribution in [0.25, 0.3) is 6.08 Å². The van der Waals surface area contributed by atoms with Crippen LogP contribution in [-0.4, -0.2) is 17.5 Å². The molecule has 3 aliphatic rings. The molecule has 1 amide bonds. The molecule has 0 aliphatic heterocycles. The lowest BCUT2D eigenvalue weighted by molar-refractivity contribution is -0.123. The molecule has 28 heavy (non-hydrogen) atoms. The second-order valence-electron chi connectivity index (χ2n) is 8.42. The van der Waals surface area contributed by atoms with E-state index in [1.807, 2.05) is 19.1 Å². The van der Waals surface area contributed by atoms with Gasteiger partial charge in [0.15, 0.2) is 0 Å². The summed E-state index contributed by atoms with van der Waals surface area (Å²) >= 11 is 0. The van der Waals surface area contributed by atoms with Crippen LogP contribution in [0.1, 0.15) is 60.5 Å². The van der Waals surface area contributed by atoms with Gasteiger partial charge >= 0.3 is 0 Å². The van der Waals surface area contributed by atoms with Crippen LogP contribution >= 0.6 is 0 Å². The summed E-state index contributed by atoms with van der Waals surface area (Å²) in [6, 6.07) is 10.4. The molecule has 2 aromatic rings. The number of pyridine rings is 1. The molecule has 0 radical (unpaired) electrons. The normalized spacial score (nSPS) is 23.2.